The molecule has 30 heavy (non-hydrogen) atoms. The number of hydrogen-bond donors (Lipinski definition) is 3. The Morgan fingerprint density at radius 3 is 2.53 bits per heavy atom. The average molecular weight is 412 g/mol. The number of anilines is 1. The van der Waals surface area contributed by atoms with Gasteiger partial charge in [-0.25, -0.2) is 4.98 Å². The molecule has 3 rings (SSSR count). The molecule has 0 saturated heterocycles. The van der Waals surface area contributed by atoms with E-state index in [0.29, 0.717) is 29.0 Å². The number of ether oxygens (including phenoxy) is 2. The van der Waals surface area contributed by atoms with Gasteiger partial charge in [-0.1, -0.05) is 6.07 Å². The fourth-order valence-corrected chi connectivity index (χ4v) is 3.41. The third kappa shape index (κ3) is 3.43. The second-order valence-corrected chi connectivity index (χ2v) is 6.99. The molecule has 0 atom stereocenters. The molecule has 9 nitrogen and oxygen atoms in total. The van der Waals surface area contributed by atoms with Crippen LogP contribution in [0.15, 0.2) is 23.0 Å². The Balaban J connectivity index is 2.41. The maximum Gasteiger partial charge on any atom is 0.266 e. The van der Waals surface area contributed by atoms with E-state index in [1.807, 2.05) is 0 Å². The van der Waals surface area contributed by atoms with E-state index in [0.717, 1.165) is 0 Å². The first kappa shape index (κ1) is 21.1. The largest absolute Gasteiger partial charge is 0.508 e. The number of aryl methyl sites for hydroxylation is 2. The van der Waals surface area contributed by atoms with Gasteiger partial charge >= 0.3 is 0 Å². The number of phenols is 1. The van der Waals surface area contributed by atoms with Gasteiger partial charge in [-0.3, -0.25) is 14.2 Å². The summed E-state index contributed by atoms with van der Waals surface area (Å²) in [5.74, 6) is -0.737. The van der Waals surface area contributed by atoms with Gasteiger partial charge < -0.3 is 26.0 Å². The van der Waals surface area contributed by atoms with E-state index < -0.39 is 11.5 Å². The second-order valence-electron chi connectivity index (χ2n) is 6.99. The Morgan fingerprint density at radius 2 is 1.90 bits per heavy atom. The first-order valence-corrected chi connectivity index (χ1v) is 9.25. The minimum atomic E-state index is -0.832. The number of phenolic OH excluding ortho intramolecular Hbond substituents is 1. The number of nitrogens with two attached hydrogens (primary N) is 2. The highest BCUT2D eigenvalue weighted by atomic mass is 16.5. The van der Waals surface area contributed by atoms with Crippen LogP contribution in [0.1, 0.15) is 27.0 Å². The summed E-state index contributed by atoms with van der Waals surface area (Å²) < 4.78 is 11.8. The van der Waals surface area contributed by atoms with Gasteiger partial charge in [0.15, 0.2) is 0 Å². The standard InChI is InChI=1S/C21H24N4O5/c1-10-5-6-14(26)12(3)17(10)25-18(22)15(19(23)27)16-13(21(25)28)9-11(2)20(24-16)30-8-7-29-4/h5-6,9,26H,7-8,22H2,1-4H3,(H2,23,27). The second kappa shape index (κ2) is 8.03. The molecule has 0 unspecified atom stereocenters. The van der Waals surface area contributed by atoms with Crippen molar-refractivity contribution in [2.45, 2.75) is 20.8 Å². The van der Waals surface area contributed by atoms with E-state index in [1.165, 1.54) is 10.6 Å². The van der Waals surface area contributed by atoms with Crippen LogP contribution in [0.25, 0.3) is 16.6 Å². The number of fused-ring (bicyclic) bond motifs is 1. The SMILES string of the molecule is COCCOc1nc2c(C(N)=O)c(N)n(-c3c(C)ccc(O)c3C)c(=O)c2cc1C. The molecule has 2 heterocycles. The molecular formula is C21H24N4O5. The van der Waals surface area contributed by atoms with E-state index in [9.17, 15) is 14.7 Å². The molecule has 0 aliphatic heterocycles. The number of carbonyl (C=O) groups excluding carboxylic acids is 1. The third-order valence-corrected chi connectivity index (χ3v) is 4.93. The Kier molecular flexibility index (Phi) is 5.66. The van der Waals surface area contributed by atoms with Crippen molar-refractivity contribution in [3.05, 3.63) is 50.8 Å². The number of rotatable bonds is 6. The molecule has 1 aromatic carbocycles. The molecule has 5 N–H and O–H groups in total. The zero-order chi connectivity index (χ0) is 22.2. The number of amides is 1. The molecular weight excluding hydrogens is 388 g/mol. The zero-order valence-electron chi connectivity index (χ0n) is 17.3. The molecule has 0 spiro atoms. The lowest BCUT2D eigenvalue weighted by Crippen LogP contribution is -2.28. The highest BCUT2D eigenvalue weighted by Crippen LogP contribution is 2.31. The molecule has 0 aliphatic rings. The van der Waals surface area contributed by atoms with Crippen LogP contribution in [0.2, 0.25) is 0 Å². The summed E-state index contributed by atoms with van der Waals surface area (Å²) in [4.78, 5) is 30.1. The molecule has 0 bridgehead atoms. The average Bonchev–Trinajstić information content (AvgIpc) is 2.68. The number of primary amides is 1. The molecule has 0 saturated carbocycles. The Morgan fingerprint density at radius 1 is 1.20 bits per heavy atom. The maximum atomic E-state index is 13.4. The van der Waals surface area contributed by atoms with Gasteiger partial charge in [-0.15, -0.1) is 0 Å². The van der Waals surface area contributed by atoms with Crippen molar-refractivity contribution in [1.82, 2.24) is 9.55 Å². The molecule has 0 aliphatic carbocycles. The fourth-order valence-electron chi connectivity index (χ4n) is 3.41. The van der Waals surface area contributed by atoms with E-state index in [1.54, 1.807) is 40.0 Å². The van der Waals surface area contributed by atoms with Crippen molar-refractivity contribution in [3.63, 3.8) is 0 Å². The molecule has 0 fully saturated rings. The number of pyridine rings is 2. The lowest BCUT2D eigenvalue weighted by Gasteiger charge is -2.19. The van der Waals surface area contributed by atoms with Crippen molar-refractivity contribution >= 4 is 22.6 Å². The highest BCUT2D eigenvalue weighted by molar-refractivity contribution is 6.08. The van der Waals surface area contributed by atoms with Crippen molar-refractivity contribution < 1.29 is 19.4 Å². The monoisotopic (exact) mass is 412 g/mol. The van der Waals surface area contributed by atoms with E-state index >= 15 is 0 Å². The minimum Gasteiger partial charge on any atom is -0.508 e. The molecule has 9 heteroatoms. The van der Waals surface area contributed by atoms with Crippen LogP contribution in [-0.2, 0) is 4.74 Å². The zero-order valence-corrected chi connectivity index (χ0v) is 17.3. The molecule has 158 valence electrons. The molecule has 3 aromatic rings. The van der Waals surface area contributed by atoms with Crippen LogP contribution < -0.4 is 21.8 Å². The van der Waals surface area contributed by atoms with Gasteiger partial charge in [0.25, 0.3) is 11.5 Å². The van der Waals surface area contributed by atoms with Crippen molar-refractivity contribution in [3.8, 4) is 17.3 Å². The summed E-state index contributed by atoms with van der Waals surface area (Å²) in [5, 5.41) is 10.3. The summed E-state index contributed by atoms with van der Waals surface area (Å²) in [6, 6.07) is 4.78. The Hall–Kier alpha value is -3.59. The van der Waals surface area contributed by atoms with Crippen LogP contribution in [0.5, 0.6) is 11.6 Å². The third-order valence-electron chi connectivity index (χ3n) is 4.93. The predicted octanol–water partition coefficient (Wildman–Crippen LogP) is 1.72. The van der Waals surface area contributed by atoms with Gasteiger partial charge in [0.05, 0.1) is 23.2 Å². The van der Waals surface area contributed by atoms with Crippen LogP contribution in [0.3, 0.4) is 0 Å². The number of aromatic nitrogens is 2. The van der Waals surface area contributed by atoms with Gasteiger partial charge in [0, 0.05) is 18.2 Å². The number of carbonyl (C=O) groups is 1. The van der Waals surface area contributed by atoms with Gasteiger partial charge in [-0.05, 0) is 38.5 Å². The van der Waals surface area contributed by atoms with E-state index in [4.69, 9.17) is 20.9 Å². The lowest BCUT2D eigenvalue weighted by molar-refractivity contribution is 0.100. The number of methoxy groups -OCH3 is 1. The smallest absolute Gasteiger partial charge is 0.266 e. The summed E-state index contributed by atoms with van der Waals surface area (Å²) in [7, 11) is 1.55. The molecule has 2 aromatic heterocycles. The fraction of sp³-hybridized carbons (Fsp3) is 0.286. The van der Waals surface area contributed by atoms with Crippen molar-refractivity contribution in [1.29, 1.82) is 0 Å². The summed E-state index contributed by atoms with van der Waals surface area (Å²) in [5.41, 5.74) is 13.5. The first-order chi connectivity index (χ1) is 14.2. The normalized spacial score (nSPS) is 11.1. The van der Waals surface area contributed by atoms with Gasteiger partial charge in [-0.2, -0.15) is 0 Å². The number of aromatic hydroxyl groups is 1. The van der Waals surface area contributed by atoms with Gasteiger partial charge in [0.1, 0.15) is 23.7 Å². The highest BCUT2D eigenvalue weighted by Gasteiger charge is 2.24. The van der Waals surface area contributed by atoms with Crippen molar-refractivity contribution in [2.75, 3.05) is 26.1 Å². The topological polar surface area (TPSA) is 143 Å². The Bertz CT molecular complexity index is 1220. The number of nitrogens with zero attached hydrogens (tertiary/aromatic N) is 2. The van der Waals surface area contributed by atoms with Crippen LogP contribution in [0, 0.1) is 20.8 Å². The Labute approximate surface area is 172 Å². The summed E-state index contributed by atoms with van der Waals surface area (Å²) >= 11 is 0. The first-order valence-electron chi connectivity index (χ1n) is 9.25. The number of hydrogen-bond acceptors (Lipinski definition) is 7. The van der Waals surface area contributed by atoms with Crippen LogP contribution >= 0.6 is 0 Å². The lowest BCUT2D eigenvalue weighted by atomic mass is 10.0. The summed E-state index contributed by atoms with van der Waals surface area (Å²) in [6.07, 6.45) is 0. The quantitative estimate of drug-likeness (QED) is 0.523. The maximum absolute atomic E-state index is 13.4. The van der Waals surface area contributed by atoms with E-state index in [-0.39, 0.29) is 40.5 Å². The van der Waals surface area contributed by atoms with Crippen LogP contribution in [0.4, 0.5) is 5.82 Å². The van der Waals surface area contributed by atoms with E-state index in [2.05, 4.69) is 4.98 Å². The predicted molar refractivity (Wildman–Crippen MR) is 114 cm³/mol. The van der Waals surface area contributed by atoms with Crippen molar-refractivity contribution in [2.24, 2.45) is 5.73 Å². The van der Waals surface area contributed by atoms with Gasteiger partial charge in [0.2, 0.25) is 5.88 Å². The summed E-state index contributed by atoms with van der Waals surface area (Å²) in [6.45, 7) is 5.77. The minimum absolute atomic E-state index is 0.00109. The van der Waals surface area contributed by atoms with Crippen LogP contribution in [-0.4, -0.2) is 40.9 Å². The molecule has 1 amide bonds. The number of benzene rings is 1. The number of nitrogen functional groups attached to an aromatic ring is 1. The molecule has 0 radical (unpaired) electrons.